The maximum atomic E-state index is 5.71. The molecule has 0 heterocycles. The van der Waals surface area contributed by atoms with Crippen LogP contribution in [0, 0.1) is 0 Å². The minimum atomic E-state index is 0.274. The smallest absolute Gasteiger partial charge is 0.122 e. The van der Waals surface area contributed by atoms with Crippen LogP contribution in [0.25, 0.3) is 0 Å². The van der Waals surface area contributed by atoms with Gasteiger partial charge < -0.3 is 15.8 Å². The van der Waals surface area contributed by atoms with E-state index >= 15 is 0 Å². The largest absolute Gasteiger partial charge is 0.496 e. The van der Waals surface area contributed by atoms with Crippen molar-refractivity contribution >= 4 is 0 Å². The lowest BCUT2D eigenvalue weighted by atomic mass is 10.1. The number of nitrogens with one attached hydrogen (secondary N) is 1. The first-order chi connectivity index (χ1) is 8.67. The number of aryl methyl sites for hydroxylation is 1. The summed E-state index contributed by atoms with van der Waals surface area (Å²) < 4.78 is 5.39. The molecule has 1 aromatic carbocycles. The number of hydrogen-bond acceptors (Lipinski definition) is 3. The van der Waals surface area contributed by atoms with E-state index in [2.05, 4.69) is 30.4 Å². The summed E-state index contributed by atoms with van der Waals surface area (Å²) in [7, 11) is 1.73. The van der Waals surface area contributed by atoms with Crippen LogP contribution in [-0.4, -0.2) is 26.2 Å². The van der Waals surface area contributed by atoms with E-state index in [9.17, 15) is 0 Å². The first-order valence-electron chi connectivity index (χ1n) is 6.79. The zero-order chi connectivity index (χ0) is 13.4. The molecule has 1 rings (SSSR count). The zero-order valence-electron chi connectivity index (χ0n) is 11.8. The average Bonchev–Trinajstić information content (AvgIpc) is 2.37. The van der Waals surface area contributed by atoms with E-state index in [1.54, 1.807) is 7.11 Å². The van der Waals surface area contributed by atoms with Gasteiger partial charge in [-0.1, -0.05) is 19.1 Å². The van der Waals surface area contributed by atoms with Gasteiger partial charge in [0.1, 0.15) is 5.75 Å². The summed E-state index contributed by atoms with van der Waals surface area (Å²) in [5.41, 5.74) is 8.35. The molecule has 0 radical (unpaired) electrons. The van der Waals surface area contributed by atoms with E-state index in [1.807, 2.05) is 6.92 Å². The maximum Gasteiger partial charge on any atom is 0.122 e. The fraction of sp³-hybridized carbons (Fsp3) is 0.600. The minimum absolute atomic E-state index is 0.274. The molecule has 0 aliphatic heterocycles. The number of nitrogens with two attached hydrogens (primary N) is 1. The Morgan fingerprint density at radius 3 is 2.72 bits per heavy atom. The Morgan fingerprint density at radius 2 is 2.11 bits per heavy atom. The van der Waals surface area contributed by atoms with Crippen LogP contribution in [-0.2, 0) is 12.8 Å². The van der Waals surface area contributed by atoms with E-state index in [0.717, 1.165) is 38.1 Å². The van der Waals surface area contributed by atoms with Gasteiger partial charge in [-0.2, -0.15) is 0 Å². The zero-order valence-corrected chi connectivity index (χ0v) is 11.8. The van der Waals surface area contributed by atoms with E-state index in [1.165, 1.54) is 11.1 Å². The molecule has 0 fully saturated rings. The number of methoxy groups -OCH3 is 1. The Balaban J connectivity index is 2.44. The molecule has 1 unspecified atom stereocenters. The van der Waals surface area contributed by atoms with Crippen LogP contribution in [0.2, 0.25) is 0 Å². The molecule has 0 aliphatic carbocycles. The quantitative estimate of drug-likeness (QED) is 0.695. The van der Waals surface area contributed by atoms with Crippen molar-refractivity contribution in [3.63, 3.8) is 0 Å². The Morgan fingerprint density at radius 1 is 1.33 bits per heavy atom. The predicted molar refractivity (Wildman–Crippen MR) is 77.2 cm³/mol. The van der Waals surface area contributed by atoms with Gasteiger partial charge in [0.15, 0.2) is 0 Å². The topological polar surface area (TPSA) is 47.3 Å². The van der Waals surface area contributed by atoms with Gasteiger partial charge in [-0.25, -0.2) is 0 Å². The van der Waals surface area contributed by atoms with Crippen LogP contribution in [0.15, 0.2) is 18.2 Å². The molecule has 1 atom stereocenters. The molecule has 1 aromatic rings. The summed E-state index contributed by atoms with van der Waals surface area (Å²) in [5, 5.41) is 3.42. The minimum Gasteiger partial charge on any atom is -0.496 e. The van der Waals surface area contributed by atoms with Crippen molar-refractivity contribution in [2.45, 2.75) is 39.2 Å². The Bertz CT molecular complexity index is 350. The lowest BCUT2D eigenvalue weighted by Crippen LogP contribution is -2.25. The van der Waals surface area contributed by atoms with Crippen LogP contribution in [0.4, 0.5) is 0 Å². The number of hydrogen-bond donors (Lipinski definition) is 2. The van der Waals surface area contributed by atoms with Crippen molar-refractivity contribution in [1.82, 2.24) is 5.32 Å². The van der Waals surface area contributed by atoms with E-state index < -0.39 is 0 Å². The molecule has 18 heavy (non-hydrogen) atoms. The fourth-order valence-corrected chi connectivity index (χ4v) is 1.93. The lowest BCUT2D eigenvalue weighted by Gasteiger charge is -2.11. The third-order valence-electron chi connectivity index (χ3n) is 3.10. The maximum absolute atomic E-state index is 5.71. The van der Waals surface area contributed by atoms with Gasteiger partial charge in [-0.3, -0.25) is 0 Å². The lowest BCUT2D eigenvalue weighted by molar-refractivity contribution is 0.409. The van der Waals surface area contributed by atoms with Crippen LogP contribution in [0.5, 0.6) is 5.75 Å². The Kier molecular flexibility index (Phi) is 6.76. The molecule has 0 saturated carbocycles. The molecule has 102 valence electrons. The second-order valence-electron chi connectivity index (χ2n) is 4.77. The first-order valence-corrected chi connectivity index (χ1v) is 6.79. The highest BCUT2D eigenvalue weighted by atomic mass is 16.5. The van der Waals surface area contributed by atoms with E-state index in [-0.39, 0.29) is 6.04 Å². The van der Waals surface area contributed by atoms with Gasteiger partial charge in [-0.15, -0.1) is 0 Å². The van der Waals surface area contributed by atoms with Gasteiger partial charge in [0.25, 0.3) is 0 Å². The molecule has 0 spiro atoms. The van der Waals surface area contributed by atoms with Crippen molar-refractivity contribution in [3.8, 4) is 5.75 Å². The molecule has 3 nitrogen and oxygen atoms in total. The number of rotatable bonds is 8. The van der Waals surface area contributed by atoms with Crippen molar-refractivity contribution in [2.75, 3.05) is 20.2 Å². The van der Waals surface area contributed by atoms with Gasteiger partial charge in [0, 0.05) is 6.04 Å². The molecule has 0 bridgehead atoms. The van der Waals surface area contributed by atoms with Crippen LogP contribution in [0.1, 0.15) is 31.4 Å². The van der Waals surface area contributed by atoms with E-state index in [0.29, 0.717) is 0 Å². The normalized spacial score (nSPS) is 12.4. The molecule has 0 saturated heterocycles. The Labute approximate surface area is 111 Å². The second kappa shape index (κ2) is 8.11. The van der Waals surface area contributed by atoms with Crippen LogP contribution in [0.3, 0.4) is 0 Å². The summed E-state index contributed by atoms with van der Waals surface area (Å²) in [6, 6.07) is 6.71. The average molecular weight is 250 g/mol. The number of benzene rings is 1. The Hall–Kier alpha value is -1.06. The van der Waals surface area contributed by atoms with Crippen molar-refractivity contribution in [2.24, 2.45) is 5.73 Å². The monoisotopic (exact) mass is 250 g/mol. The highest BCUT2D eigenvalue weighted by Crippen LogP contribution is 2.20. The predicted octanol–water partition coefficient (Wildman–Crippen LogP) is 2.13. The third-order valence-corrected chi connectivity index (χ3v) is 3.10. The van der Waals surface area contributed by atoms with Gasteiger partial charge >= 0.3 is 0 Å². The highest BCUT2D eigenvalue weighted by molar-refractivity contribution is 5.37. The van der Waals surface area contributed by atoms with E-state index in [4.69, 9.17) is 10.5 Å². The summed E-state index contributed by atoms with van der Waals surface area (Å²) in [6.07, 6.45) is 3.08. The van der Waals surface area contributed by atoms with Gasteiger partial charge in [-0.05, 0) is 56.5 Å². The molecule has 0 aromatic heterocycles. The summed E-state index contributed by atoms with van der Waals surface area (Å²) in [4.78, 5) is 0. The van der Waals surface area contributed by atoms with Crippen molar-refractivity contribution in [1.29, 1.82) is 0 Å². The van der Waals surface area contributed by atoms with Crippen LogP contribution >= 0.6 is 0 Å². The molecule has 0 amide bonds. The molecular formula is C15H26N2O. The molecule has 0 aliphatic rings. The summed E-state index contributed by atoms with van der Waals surface area (Å²) in [5.74, 6) is 0.987. The molecular weight excluding hydrogens is 224 g/mol. The van der Waals surface area contributed by atoms with Crippen molar-refractivity contribution < 1.29 is 4.74 Å². The highest BCUT2D eigenvalue weighted by Gasteiger charge is 2.03. The summed E-state index contributed by atoms with van der Waals surface area (Å²) >= 11 is 0. The SMILES string of the molecule is CCc1ccc(OC)c(CCNCCC(C)N)c1. The van der Waals surface area contributed by atoms with Gasteiger partial charge in [0.05, 0.1) is 7.11 Å². The standard InChI is InChI=1S/C15H26N2O/c1-4-13-5-6-15(18-3)14(11-13)8-10-17-9-7-12(2)16/h5-6,11-12,17H,4,7-10,16H2,1-3H3. The van der Waals surface area contributed by atoms with Gasteiger partial charge in [0.2, 0.25) is 0 Å². The first kappa shape index (κ1) is 15.0. The summed E-state index contributed by atoms with van der Waals surface area (Å²) in [6.45, 7) is 6.16. The van der Waals surface area contributed by atoms with Crippen LogP contribution < -0.4 is 15.8 Å². The second-order valence-corrected chi connectivity index (χ2v) is 4.77. The molecule has 3 heteroatoms. The number of ether oxygens (including phenoxy) is 1. The third kappa shape index (κ3) is 5.07. The van der Waals surface area contributed by atoms with Crippen molar-refractivity contribution in [3.05, 3.63) is 29.3 Å². The fourth-order valence-electron chi connectivity index (χ4n) is 1.93. The molecule has 3 N–H and O–H groups in total.